The highest BCUT2D eigenvalue weighted by Crippen LogP contribution is 2.34. The van der Waals surface area contributed by atoms with E-state index in [2.05, 4.69) is 28.9 Å². The summed E-state index contributed by atoms with van der Waals surface area (Å²) in [7, 11) is 0. The third-order valence-corrected chi connectivity index (χ3v) is 6.67. The number of aryl methyl sites for hydroxylation is 1. The molecule has 156 valence electrons. The molecule has 3 aromatic rings. The van der Waals surface area contributed by atoms with Crippen LogP contribution in [-0.4, -0.2) is 16.0 Å². The third kappa shape index (κ3) is 5.09. The maximum atomic E-state index is 12.8. The van der Waals surface area contributed by atoms with Crippen molar-refractivity contribution in [3.05, 3.63) is 104 Å². The number of hydrogen-bond acceptors (Lipinski definition) is 4. The van der Waals surface area contributed by atoms with E-state index in [-0.39, 0.29) is 17.7 Å². The van der Waals surface area contributed by atoms with Crippen LogP contribution in [0.3, 0.4) is 0 Å². The van der Waals surface area contributed by atoms with E-state index in [0.29, 0.717) is 11.5 Å². The number of nitrogens with zero attached hydrogens (tertiary/aromatic N) is 1. The number of imide groups is 1. The van der Waals surface area contributed by atoms with Crippen molar-refractivity contribution in [3.8, 4) is 5.75 Å². The molecule has 0 radical (unpaired) electrons. The Hall–Kier alpha value is -2.83. The maximum Gasteiger partial charge on any atom is 0.293 e. The predicted octanol–water partition coefficient (Wildman–Crippen LogP) is 6.57. The van der Waals surface area contributed by atoms with Crippen LogP contribution in [0.15, 0.2) is 82.2 Å². The lowest BCUT2D eigenvalue weighted by atomic mass is 10.1. The lowest BCUT2D eigenvalue weighted by molar-refractivity contribution is -0.123. The van der Waals surface area contributed by atoms with E-state index in [4.69, 9.17) is 4.74 Å². The van der Waals surface area contributed by atoms with Crippen molar-refractivity contribution in [2.75, 3.05) is 0 Å². The van der Waals surface area contributed by atoms with Gasteiger partial charge < -0.3 is 4.74 Å². The number of thioether (sulfide) groups is 1. The summed E-state index contributed by atoms with van der Waals surface area (Å²) in [4.78, 5) is 26.9. The maximum absolute atomic E-state index is 12.8. The van der Waals surface area contributed by atoms with E-state index in [0.717, 1.165) is 38.7 Å². The lowest BCUT2D eigenvalue weighted by Crippen LogP contribution is -2.27. The molecule has 1 heterocycles. The third-order valence-electron chi connectivity index (χ3n) is 4.99. The first-order valence-electron chi connectivity index (χ1n) is 9.77. The van der Waals surface area contributed by atoms with Gasteiger partial charge in [-0.05, 0) is 65.2 Å². The lowest BCUT2D eigenvalue weighted by Gasteiger charge is -2.13. The van der Waals surface area contributed by atoms with E-state index in [9.17, 15) is 9.59 Å². The standard InChI is InChI=1S/C25H20BrNO3S/c1-17-6-2-3-8-20(17)16-30-21-12-10-18(11-13-21)14-23-24(28)27(25(29)31-23)15-19-7-4-5-9-22(19)26/h2-14H,15-16H2,1H3/b23-14-. The van der Waals surface area contributed by atoms with Crippen LogP contribution in [0.4, 0.5) is 4.79 Å². The van der Waals surface area contributed by atoms with Crippen molar-refractivity contribution in [3.63, 3.8) is 0 Å². The molecule has 1 aliphatic heterocycles. The Morgan fingerprint density at radius 3 is 2.32 bits per heavy atom. The van der Waals surface area contributed by atoms with Crippen molar-refractivity contribution in [1.82, 2.24) is 4.90 Å². The number of carbonyl (C=O) groups excluding carboxylic acids is 2. The second-order valence-electron chi connectivity index (χ2n) is 7.14. The molecule has 0 spiro atoms. The van der Waals surface area contributed by atoms with Crippen LogP contribution in [0.25, 0.3) is 6.08 Å². The summed E-state index contributed by atoms with van der Waals surface area (Å²) in [5.74, 6) is 0.480. The molecule has 0 aromatic heterocycles. The number of hydrogen-bond donors (Lipinski definition) is 0. The largest absolute Gasteiger partial charge is 0.489 e. The molecule has 3 aromatic carbocycles. The van der Waals surface area contributed by atoms with E-state index < -0.39 is 0 Å². The number of rotatable bonds is 6. The molecule has 0 saturated carbocycles. The Morgan fingerprint density at radius 2 is 1.61 bits per heavy atom. The van der Waals surface area contributed by atoms with Gasteiger partial charge in [-0.15, -0.1) is 0 Å². The molecule has 0 N–H and O–H groups in total. The van der Waals surface area contributed by atoms with Gasteiger partial charge in [0.15, 0.2) is 0 Å². The minimum absolute atomic E-state index is 0.245. The first-order valence-corrected chi connectivity index (χ1v) is 11.4. The number of carbonyl (C=O) groups is 2. The minimum Gasteiger partial charge on any atom is -0.489 e. The smallest absolute Gasteiger partial charge is 0.293 e. The monoisotopic (exact) mass is 493 g/mol. The Labute approximate surface area is 194 Å². The van der Waals surface area contributed by atoms with Gasteiger partial charge in [0.1, 0.15) is 12.4 Å². The summed E-state index contributed by atoms with van der Waals surface area (Å²) in [6.07, 6.45) is 1.75. The van der Waals surface area contributed by atoms with Gasteiger partial charge in [0.2, 0.25) is 0 Å². The van der Waals surface area contributed by atoms with Crippen LogP contribution in [0.1, 0.15) is 22.3 Å². The summed E-state index contributed by atoms with van der Waals surface area (Å²) in [5, 5.41) is -0.259. The van der Waals surface area contributed by atoms with Crippen LogP contribution < -0.4 is 4.74 Å². The minimum atomic E-state index is -0.273. The topological polar surface area (TPSA) is 46.6 Å². The van der Waals surface area contributed by atoms with Crippen molar-refractivity contribution in [1.29, 1.82) is 0 Å². The van der Waals surface area contributed by atoms with Crippen LogP contribution in [-0.2, 0) is 17.9 Å². The summed E-state index contributed by atoms with van der Waals surface area (Å²) < 4.78 is 6.75. The van der Waals surface area contributed by atoms with Gasteiger partial charge in [-0.1, -0.05) is 70.5 Å². The van der Waals surface area contributed by atoms with Crippen molar-refractivity contribution >= 4 is 44.9 Å². The van der Waals surface area contributed by atoms with Gasteiger partial charge >= 0.3 is 0 Å². The molecule has 0 unspecified atom stereocenters. The zero-order chi connectivity index (χ0) is 21.8. The molecule has 4 nitrogen and oxygen atoms in total. The summed E-state index contributed by atoms with van der Waals surface area (Å²) in [6, 6.07) is 23.2. The molecule has 31 heavy (non-hydrogen) atoms. The molecule has 2 amide bonds. The normalized spacial score (nSPS) is 15.0. The SMILES string of the molecule is Cc1ccccc1COc1ccc(/C=C2\SC(=O)N(Cc3ccccc3Br)C2=O)cc1. The van der Waals surface area contributed by atoms with E-state index >= 15 is 0 Å². The van der Waals surface area contributed by atoms with Gasteiger partial charge in [0.05, 0.1) is 11.4 Å². The van der Waals surface area contributed by atoms with E-state index in [1.54, 1.807) is 6.08 Å². The molecular formula is C25H20BrNO3S. The van der Waals surface area contributed by atoms with Gasteiger partial charge in [-0.25, -0.2) is 0 Å². The summed E-state index contributed by atoms with van der Waals surface area (Å²) >= 11 is 4.44. The van der Waals surface area contributed by atoms with Crippen molar-refractivity contribution in [2.24, 2.45) is 0 Å². The quantitative estimate of drug-likeness (QED) is 0.364. The Balaban J connectivity index is 1.42. The second-order valence-corrected chi connectivity index (χ2v) is 8.99. The number of amides is 2. The molecule has 1 aliphatic rings. The molecule has 1 saturated heterocycles. The highest BCUT2D eigenvalue weighted by Gasteiger charge is 2.35. The Bertz CT molecular complexity index is 1160. The average molecular weight is 494 g/mol. The van der Waals surface area contributed by atoms with Crippen LogP contribution >= 0.6 is 27.7 Å². The summed E-state index contributed by atoms with van der Waals surface area (Å²) in [5.41, 5.74) is 4.07. The predicted molar refractivity (Wildman–Crippen MR) is 128 cm³/mol. The molecule has 4 rings (SSSR count). The molecular weight excluding hydrogens is 474 g/mol. The average Bonchev–Trinajstić information content (AvgIpc) is 3.03. The van der Waals surface area contributed by atoms with Crippen LogP contribution in [0.2, 0.25) is 0 Å². The number of ether oxygens (including phenoxy) is 1. The molecule has 0 bridgehead atoms. The van der Waals surface area contributed by atoms with Crippen molar-refractivity contribution in [2.45, 2.75) is 20.1 Å². The fourth-order valence-electron chi connectivity index (χ4n) is 3.18. The fraction of sp³-hybridized carbons (Fsp3) is 0.120. The number of benzene rings is 3. The molecule has 0 aliphatic carbocycles. The van der Waals surface area contributed by atoms with Crippen LogP contribution in [0.5, 0.6) is 5.75 Å². The highest BCUT2D eigenvalue weighted by atomic mass is 79.9. The van der Waals surface area contributed by atoms with Gasteiger partial charge in [-0.3, -0.25) is 14.5 Å². The molecule has 0 atom stereocenters. The van der Waals surface area contributed by atoms with Gasteiger partial charge in [0.25, 0.3) is 11.1 Å². The number of halogens is 1. The fourth-order valence-corrected chi connectivity index (χ4v) is 4.43. The first kappa shape index (κ1) is 21.4. The Kier molecular flexibility index (Phi) is 6.59. The molecule has 6 heteroatoms. The van der Waals surface area contributed by atoms with Gasteiger partial charge in [0, 0.05) is 4.47 Å². The van der Waals surface area contributed by atoms with E-state index in [1.165, 1.54) is 10.5 Å². The zero-order valence-corrected chi connectivity index (χ0v) is 19.3. The van der Waals surface area contributed by atoms with Crippen molar-refractivity contribution < 1.29 is 14.3 Å². The van der Waals surface area contributed by atoms with Crippen LogP contribution in [0, 0.1) is 6.92 Å². The Morgan fingerprint density at radius 1 is 0.935 bits per heavy atom. The highest BCUT2D eigenvalue weighted by molar-refractivity contribution is 9.10. The zero-order valence-electron chi connectivity index (χ0n) is 16.9. The van der Waals surface area contributed by atoms with Gasteiger partial charge in [-0.2, -0.15) is 0 Å². The first-order chi connectivity index (χ1) is 15.0. The second kappa shape index (κ2) is 9.54. The summed E-state index contributed by atoms with van der Waals surface area (Å²) in [6.45, 7) is 2.81. The van der Waals surface area contributed by atoms with E-state index in [1.807, 2.05) is 66.7 Å². The molecule has 1 fully saturated rings.